The van der Waals surface area contributed by atoms with Crippen molar-refractivity contribution < 1.29 is 33.9 Å². The maximum absolute atomic E-state index is 10.9. The van der Waals surface area contributed by atoms with E-state index < -0.39 is 19.7 Å². The molecule has 1 atom stereocenters. The fourth-order valence-electron chi connectivity index (χ4n) is 1.78. The van der Waals surface area contributed by atoms with E-state index in [2.05, 4.69) is 0 Å². The van der Waals surface area contributed by atoms with E-state index in [1.807, 2.05) is 36.4 Å². The molecule has 7 nitrogen and oxygen atoms in total. The molecule has 0 amide bonds. The van der Waals surface area contributed by atoms with Crippen LogP contribution in [0.4, 0.5) is 0 Å². The monoisotopic (exact) mass is 328 g/mol. The largest absolute Gasteiger partial charge is 0.497 e. The molecule has 2 aromatic rings. The number of fused-ring (bicyclic) bond motifs is 1. The zero-order chi connectivity index (χ0) is 16.9. The highest BCUT2D eigenvalue weighted by molar-refractivity contribution is 7.45. The average molecular weight is 328 g/mol. The molecule has 0 radical (unpaired) electrons. The highest BCUT2D eigenvalue weighted by atomic mass is 31.2. The van der Waals surface area contributed by atoms with Crippen LogP contribution in [-0.4, -0.2) is 32.9 Å². The summed E-state index contributed by atoms with van der Waals surface area (Å²) in [5.74, 6) is -0.490. The topological polar surface area (TPSA) is 124 Å². The maximum atomic E-state index is 10.9. The second-order valence-corrected chi connectivity index (χ2v) is 5.57. The van der Waals surface area contributed by atoms with E-state index in [1.165, 1.54) is 0 Å². The van der Waals surface area contributed by atoms with Crippen molar-refractivity contribution >= 4 is 24.6 Å². The molecule has 0 saturated carbocycles. The van der Waals surface area contributed by atoms with Crippen molar-refractivity contribution in [2.45, 2.75) is 12.8 Å². The Morgan fingerprint density at radius 1 is 1.09 bits per heavy atom. The van der Waals surface area contributed by atoms with E-state index in [9.17, 15) is 4.79 Å². The normalized spacial score (nSPS) is 12.2. The van der Waals surface area contributed by atoms with Crippen LogP contribution in [0.5, 0.6) is 5.75 Å². The fraction of sp³-hybridized carbons (Fsp3) is 0.214. The molecule has 2 rings (SSSR count). The van der Waals surface area contributed by atoms with Gasteiger partial charge >= 0.3 is 13.8 Å². The molecule has 0 heterocycles. The Morgan fingerprint density at radius 2 is 1.59 bits per heavy atom. The summed E-state index contributed by atoms with van der Waals surface area (Å²) >= 11 is 0. The van der Waals surface area contributed by atoms with Gasteiger partial charge in [0.15, 0.2) is 0 Å². The van der Waals surface area contributed by atoms with Crippen molar-refractivity contribution in [1.82, 2.24) is 0 Å². The Kier molecular flexibility index (Phi) is 6.08. The molecular formula is C14H17O7P. The summed E-state index contributed by atoms with van der Waals surface area (Å²) in [7, 11) is -3.01. The van der Waals surface area contributed by atoms with Crippen LogP contribution in [0, 0.1) is 0 Å². The average Bonchev–Trinajstić information content (AvgIpc) is 2.43. The van der Waals surface area contributed by atoms with Gasteiger partial charge in [-0.15, -0.1) is 0 Å². The quantitative estimate of drug-likeness (QED) is 0.636. The zero-order valence-corrected chi connectivity index (χ0v) is 12.9. The second kappa shape index (κ2) is 7.38. The molecule has 0 bridgehead atoms. The molecule has 0 aromatic heterocycles. The minimum absolute atomic E-state index is 0.485. The minimum Gasteiger partial charge on any atom is -0.497 e. The Hall–Kier alpha value is -1.92. The smallest absolute Gasteiger partial charge is 0.466 e. The van der Waals surface area contributed by atoms with Gasteiger partial charge in [-0.2, -0.15) is 0 Å². The second-order valence-electron chi connectivity index (χ2n) is 4.55. The van der Waals surface area contributed by atoms with Crippen LogP contribution in [0.2, 0.25) is 0 Å². The summed E-state index contributed by atoms with van der Waals surface area (Å²) in [6.07, 6.45) is 0. The van der Waals surface area contributed by atoms with E-state index >= 15 is 0 Å². The zero-order valence-electron chi connectivity index (χ0n) is 12.0. The van der Waals surface area contributed by atoms with E-state index in [0.717, 1.165) is 22.1 Å². The summed E-state index contributed by atoms with van der Waals surface area (Å²) in [6.45, 7) is 1.69. The van der Waals surface area contributed by atoms with Crippen LogP contribution in [0.15, 0.2) is 36.4 Å². The molecular weight excluding hydrogens is 311 g/mol. The van der Waals surface area contributed by atoms with Gasteiger partial charge in [-0.25, -0.2) is 4.57 Å². The number of methoxy groups -OCH3 is 1. The number of hydrogen-bond donors (Lipinski definition) is 4. The summed E-state index contributed by atoms with van der Waals surface area (Å²) in [4.78, 5) is 32.5. The Morgan fingerprint density at radius 3 is 2.09 bits per heavy atom. The molecule has 8 heteroatoms. The van der Waals surface area contributed by atoms with Crippen LogP contribution in [0.25, 0.3) is 10.8 Å². The number of aliphatic carboxylic acids is 1. The number of rotatable bonds is 3. The third-order valence-corrected chi connectivity index (χ3v) is 2.94. The van der Waals surface area contributed by atoms with Gasteiger partial charge in [0.1, 0.15) is 5.75 Å². The standard InChI is InChI=1S/C14H14O3.H3O4P/c1-9(14(15)16)10-3-4-12-8-13(17-2)6-5-11(12)7-10;1-5(2,3)4/h3-9H,1-2H3,(H,15,16);(H3,1,2,3,4)/t9-;/m0./s1. The predicted octanol–water partition coefficient (Wildman–Crippen LogP) is 2.11. The molecule has 0 aliphatic heterocycles. The van der Waals surface area contributed by atoms with Crippen molar-refractivity contribution in [3.05, 3.63) is 42.0 Å². The highest BCUT2D eigenvalue weighted by Gasteiger charge is 2.13. The van der Waals surface area contributed by atoms with Gasteiger partial charge in [0.2, 0.25) is 0 Å². The van der Waals surface area contributed by atoms with Crippen molar-refractivity contribution in [3.63, 3.8) is 0 Å². The molecule has 0 unspecified atom stereocenters. The van der Waals surface area contributed by atoms with Crippen LogP contribution < -0.4 is 4.74 Å². The number of ether oxygens (including phenoxy) is 1. The molecule has 0 spiro atoms. The number of carboxylic acids is 1. The number of carbonyl (C=O) groups is 1. The lowest BCUT2D eigenvalue weighted by Crippen LogP contribution is -2.06. The van der Waals surface area contributed by atoms with E-state index in [0.29, 0.717) is 0 Å². The van der Waals surface area contributed by atoms with Crippen LogP contribution in [-0.2, 0) is 9.36 Å². The van der Waals surface area contributed by atoms with E-state index in [1.54, 1.807) is 14.0 Å². The summed E-state index contributed by atoms with van der Waals surface area (Å²) in [6, 6.07) is 11.4. The first-order valence-electron chi connectivity index (χ1n) is 6.20. The molecule has 4 N–H and O–H groups in total. The Balaban J connectivity index is 0.000000422. The first kappa shape index (κ1) is 18.1. The lowest BCUT2D eigenvalue weighted by Gasteiger charge is -2.08. The fourth-order valence-corrected chi connectivity index (χ4v) is 1.78. The third kappa shape index (κ3) is 5.83. The van der Waals surface area contributed by atoms with Gasteiger partial charge in [0.05, 0.1) is 13.0 Å². The Labute approximate surface area is 127 Å². The highest BCUT2D eigenvalue weighted by Crippen LogP contribution is 2.26. The SMILES string of the molecule is COc1ccc2cc([C@H](C)C(=O)O)ccc2c1.O=P(O)(O)O. The molecule has 0 aliphatic carbocycles. The molecule has 2 aromatic carbocycles. The third-order valence-electron chi connectivity index (χ3n) is 2.94. The molecule has 0 saturated heterocycles. The molecule has 22 heavy (non-hydrogen) atoms. The first-order valence-corrected chi connectivity index (χ1v) is 7.77. The number of carboxylic acid groups (broad SMARTS) is 1. The van der Waals surface area contributed by atoms with Crippen molar-refractivity contribution in [2.75, 3.05) is 7.11 Å². The van der Waals surface area contributed by atoms with Gasteiger partial charge in [-0.05, 0) is 35.4 Å². The van der Waals surface area contributed by atoms with Crippen LogP contribution in [0.1, 0.15) is 18.4 Å². The molecule has 120 valence electrons. The molecule has 0 aliphatic rings. The van der Waals surface area contributed by atoms with Gasteiger partial charge in [-0.3, -0.25) is 4.79 Å². The van der Waals surface area contributed by atoms with Gasteiger partial charge < -0.3 is 24.5 Å². The lowest BCUT2D eigenvalue weighted by molar-refractivity contribution is -0.138. The molecule has 0 fully saturated rings. The van der Waals surface area contributed by atoms with Gasteiger partial charge in [0, 0.05) is 0 Å². The predicted molar refractivity (Wildman–Crippen MR) is 80.8 cm³/mol. The van der Waals surface area contributed by atoms with Gasteiger partial charge in [0.25, 0.3) is 0 Å². The lowest BCUT2D eigenvalue weighted by atomic mass is 9.98. The summed E-state index contributed by atoms with van der Waals surface area (Å²) < 4.78 is 14.0. The minimum atomic E-state index is -4.64. The van der Waals surface area contributed by atoms with Crippen molar-refractivity contribution in [3.8, 4) is 5.75 Å². The number of hydrogen-bond acceptors (Lipinski definition) is 3. The maximum Gasteiger partial charge on any atom is 0.466 e. The summed E-state index contributed by atoms with van der Waals surface area (Å²) in [5, 5.41) is 11.0. The Bertz CT molecular complexity index is 699. The number of phosphoric acid groups is 1. The van der Waals surface area contributed by atoms with Crippen molar-refractivity contribution in [2.24, 2.45) is 0 Å². The number of benzene rings is 2. The van der Waals surface area contributed by atoms with Crippen molar-refractivity contribution in [1.29, 1.82) is 0 Å². The van der Waals surface area contributed by atoms with Crippen LogP contribution >= 0.6 is 7.82 Å². The summed E-state index contributed by atoms with van der Waals surface area (Å²) in [5.41, 5.74) is 0.815. The van der Waals surface area contributed by atoms with E-state index in [4.69, 9.17) is 29.1 Å². The van der Waals surface area contributed by atoms with Gasteiger partial charge in [-0.1, -0.05) is 24.3 Å². The van der Waals surface area contributed by atoms with E-state index in [-0.39, 0.29) is 0 Å². The first-order chi connectivity index (χ1) is 10.1. The van der Waals surface area contributed by atoms with Crippen LogP contribution in [0.3, 0.4) is 0 Å².